The lowest BCUT2D eigenvalue weighted by atomic mass is 9.98. The number of carbonyl (C=O) groups excluding carboxylic acids is 1. The number of hydrogen-bond donors (Lipinski definition) is 1. The number of carbonyl (C=O) groups is 1. The highest BCUT2D eigenvalue weighted by molar-refractivity contribution is 6.30. The lowest BCUT2D eigenvalue weighted by molar-refractivity contribution is -0.135. The second-order valence-corrected chi connectivity index (χ2v) is 6.70. The third kappa shape index (κ3) is 3.97. The van der Waals surface area contributed by atoms with E-state index in [4.69, 9.17) is 11.6 Å². The Morgan fingerprint density at radius 2 is 2.05 bits per heavy atom. The Hall–Kier alpha value is -1.06. The van der Waals surface area contributed by atoms with E-state index in [9.17, 15) is 4.79 Å². The molecule has 0 aliphatic carbocycles. The summed E-state index contributed by atoms with van der Waals surface area (Å²) in [7, 11) is 0. The van der Waals surface area contributed by atoms with Gasteiger partial charge in [-0.25, -0.2) is 0 Å². The first kappa shape index (κ1) is 15.3. The zero-order valence-corrected chi connectivity index (χ0v) is 13.2. The standard InChI is InChI=1S/C16H23ClN2O/c1-12-10-18-16(2,3)11-19(12)15(20)9-6-13-4-7-14(17)8-5-13/h4-5,7-8,12,18H,6,9-11H2,1-3H3. The monoisotopic (exact) mass is 294 g/mol. The quantitative estimate of drug-likeness (QED) is 0.930. The molecule has 1 saturated heterocycles. The number of hydrogen-bond acceptors (Lipinski definition) is 2. The van der Waals surface area contributed by atoms with E-state index in [1.165, 1.54) is 0 Å². The molecule has 1 N–H and O–H groups in total. The molecule has 0 spiro atoms. The minimum absolute atomic E-state index is 0.00242. The lowest BCUT2D eigenvalue weighted by Crippen LogP contribution is -2.62. The van der Waals surface area contributed by atoms with Crippen molar-refractivity contribution in [2.24, 2.45) is 0 Å². The molecule has 2 rings (SSSR count). The van der Waals surface area contributed by atoms with Gasteiger partial charge in [0.05, 0.1) is 0 Å². The molecule has 1 aromatic carbocycles. The molecular weight excluding hydrogens is 272 g/mol. The predicted octanol–water partition coefficient (Wildman–Crippen LogP) is 2.87. The molecule has 1 aromatic rings. The zero-order chi connectivity index (χ0) is 14.8. The molecule has 1 amide bonds. The maximum Gasteiger partial charge on any atom is 0.223 e. The average Bonchev–Trinajstić information content (AvgIpc) is 2.40. The zero-order valence-electron chi connectivity index (χ0n) is 12.4. The first-order chi connectivity index (χ1) is 9.37. The van der Waals surface area contributed by atoms with Crippen LogP contribution >= 0.6 is 11.6 Å². The summed E-state index contributed by atoms with van der Waals surface area (Å²) in [6.07, 6.45) is 1.33. The van der Waals surface area contributed by atoms with Crippen LogP contribution in [0.5, 0.6) is 0 Å². The molecule has 20 heavy (non-hydrogen) atoms. The van der Waals surface area contributed by atoms with Crippen LogP contribution < -0.4 is 5.32 Å². The largest absolute Gasteiger partial charge is 0.337 e. The van der Waals surface area contributed by atoms with E-state index in [-0.39, 0.29) is 17.5 Å². The van der Waals surface area contributed by atoms with E-state index in [1.54, 1.807) is 0 Å². The van der Waals surface area contributed by atoms with E-state index in [1.807, 2.05) is 29.2 Å². The van der Waals surface area contributed by atoms with E-state index < -0.39 is 0 Å². The van der Waals surface area contributed by atoms with Gasteiger partial charge < -0.3 is 10.2 Å². The first-order valence-corrected chi connectivity index (χ1v) is 7.54. The van der Waals surface area contributed by atoms with Crippen molar-refractivity contribution < 1.29 is 4.79 Å². The van der Waals surface area contributed by atoms with Crippen molar-refractivity contribution in [3.8, 4) is 0 Å². The van der Waals surface area contributed by atoms with Gasteiger partial charge in [0.1, 0.15) is 0 Å². The molecule has 1 aliphatic heterocycles. The highest BCUT2D eigenvalue weighted by atomic mass is 35.5. The molecule has 0 saturated carbocycles. The Balaban J connectivity index is 1.92. The topological polar surface area (TPSA) is 32.3 Å². The molecule has 0 aromatic heterocycles. The van der Waals surface area contributed by atoms with Crippen LogP contribution in [0.3, 0.4) is 0 Å². The summed E-state index contributed by atoms with van der Waals surface area (Å²) in [5.41, 5.74) is 1.16. The summed E-state index contributed by atoms with van der Waals surface area (Å²) in [6, 6.07) is 7.98. The van der Waals surface area contributed by atoms with Crippen LogP contribution in [0.1, 0.15) is 32.8 Å². The number of piperazine rings is 1. The molecular formula is C16H23ClN2O. The van der Waals surface area contributed by atoms with Gasteiger partial charge in [0, 0.05) is 36.1 Å². The fourth-order valence-electron chi connectivity index (χ4n) is 2.55. The maximum absolute atomic E-state index is 12.4. The average molecular weight is 295 g/mol. The van der Waals surface area contributed by atoms with E-state index in [0.29, 0.717) is 6.42 Å². The van der Waals surface area contributed by atoms with Gasteiger partial charge in [0.15, 0.2) is 0 Å². The summed E-state index contributed by atoms with van der Waals surface area (Å²) in [4.78, 5) is 14.4. The van der Waals surface area contributed by atoms with Gasteiger partial charge in [-0.15, -0.1) is 0 Å². The van der Waals surface area contributed by atoms with Crippen LogP contribution in [0.25, 0.3) is 0 Å². The molecule has 3 nitrogen and oxygen atoms in total. The first-order valence-electron chi connectivity index (χ1n) is 7.16. The maximum atomic E-state index is 12.4. The van der Waals surface area contributed by atoms with Gasteiger partial charge in [0.2, 0.25) is 5.91 Å². The number of halogens is 1. The second-order valence-electron chi connectivity index (χ2n) is 6.26. The van der Waals surface area contributed by atoms with Crippen molar-refractivity contribution in [2.45, 2.75) is 45.2 Å². The molecule has 1 unspecified atom stereocenters. The highest BCUT2D eigenvalue weighted by Gasteiger charge is 2.32. The van der Waals surface area contributed by atoms with Gasteiger partial charge >= 0.3 is 0 Å². The molecule has 0 radical (unpaired) electrons. The van der Waals surface area contributed by atoms with Gasteiger partial charge in [-0.1, -0.05) is 23.7 Å². The Kier molecular flexibility index (Phi) is 4.71. The SMILES string of the molecule is CC1CNC(C)(C)CN1C(=O)CCc1ccc(Cl)cc1. The molecule has 4 heteroatoms. The minimum Gasteiger partial charge on any atom is -0.337 e. The van der Waals surface area contributed by atoms with Crippen LogP contribution in [-0.4, -0.2) is 35.5 Å². The van der Waals surface area contributed by atoms with E-state index >= 15 is 0 Å². The second kappa shape index (κ2) is 6.15. The molecule has 110 valence electrons. The summed E-state index contributed by atoms with van der Waals surface area (Å²) >= 11 is 5.86. The van der Waals surface area contributed by atoms with E-state index in [0.717, 1.165) is 30.1 Å². The molecule has 1 heterocycles. The van der Waals surface area contributed by atoms with Crippen LogP contribution in [0.4, 0.5) is 0 Å². The number of aryl methyl sites for hydroxylation is 1. The minimum atomic E-state index is 0.00242. The number of nitrogens with zero attached hydrogens (tertiary/aromatic N) is 1. The Morgan fingerprint density at radius 1 is 1.40 bits per heavy atom. The fourth-order valence-corrected chi connectivity index (χ4v) is 2.68. The Bertz CT molecular complexity index is 470. The summed E-state index contributed by atoms with van der Waals surface area (Å²) in [6.45, 7) is 8.01. The normalized spacial score (nSPS) is 21.8. The van der Waals surface area contributed by atoms with Crippen molar-refractivity contribution >= 4 is 17.5 Å². The van der Waals surface area contributed by atoms with Crippen LogP contribution in [-0.2, 0) is 11.2 Å². The van der Waals surface area contributed by atoms with Crippen LogP contribution in [0.15, 0.2) is 24.3 Å². The van der Waals surface area contributed by atoms with Crippen molar-refractivity contribution in [1.82, 2.24) is 10.2 Å². The number of rotatable bonds is 3. The van der Waals surface area contributed by atoms with Gasteiger partial charge in [-0.05, 0) is 44.9 Å². The lowest BCUT2D eigenvalue weighted by Gasteiger charge is -2.43. The summed E-state index contributed by atoms with van der Waals surface area (Å²) in [5, 5.41) is 4.20. The highest BCUT2D eigenvalue weighted by Crippen LogP contribution is 2.17. The third-order valence-corrected chi connectivity index (χ3v) is 4.09. The van der Waals surface area contributed by atoms with Crippen LogP contribution in [0, 0.1) is 0 Å². The molecule has 1 atom stereocenters. The van der Waals surface area contributed by atoms with Crippen LogP contribution in [0.2, 0.25) is 5.02 Å². The summed E-state index contributed by atoms with van der Waals surface area (Å²) in [5.74, 6) is 0.238. The van der Waals surface area contributed by atoms with Gasteiger partial charge in [-0.3, -0.25) is 4.79 Å². The van der Waals surface area contributed by atoms with E-state index in [2.05, 4.69) is 26.1 Å². The summed E-state index contributed by atoms with van der Waals surface area (Å²) < 4.78 is 0. The Labute approximate surface area is 126 Å². The van der Waals surface area contributed by atoms with Gasteiger partial charge in [-0.2, -0.15) is 0 Å². The van der Waals surface area contributed by atoms with Crippen molar-refractivity contribution in [3.63, 3.8) is 0 Å². The van der Waals surface area contributed by atoms with Gasteiger partial charge in [0.25, 0.3) is 0 Å². The molecule has 0 bridgehead atoms. The third-order valence-electron chi connectivity index (χ3n) is 3.83. The molecule has 1 fully saturated rings. The van der Waals surface area contributed by atoms with Crippen molar-refractivity contribution in [1.29, 1.82) is 0 Å². The smallest absolute Gasteiger partial charge is 0.223 e. The predicted molar refractivity (Wildman–Crippen MR) is 83.0 cm³/mol. The number of amides is 1. The van der Waals surface area contributed by atoms with Crippen molar-refractivity contribution in [2.75, 3.05) is 13.1 Å². The number of benzene rings is 1. The van der Waals surface area contributed by atoms with Crippen molar-refractivity contribution in [3.05, 3.63) is 34.9 Å². The number of nitrogens with one attached hydrogen (secondary N) is 1. The Morgan fingerprint density at radius 3 is 2.70 bits per heavy atom. The fraction of sp³-hybridized carbons (Fsp3) is 0.562. The molecule has 1 aliphatic rings.